The molecule has 2 aromatic carbocycles. The van der Waals surface area contributed by atoms with E-state index in [1.54, 1.807) is 35.2 Å². The van der Waals surface area contributed by atoms with Gasteiger partial charge in [0, 0.05) is 19.0 Å². The van der Waals surface area contributed by atoms with Gasteiger partial charge < -0.3 is 4.90 Å². The molecule has 1 N–H and O–H groups in total. The van der Waals surface area contributed by atoms with Crippen molar-refractivity contribution in [3.63, 3.8) is 0 Å². The lowest BCUT2D eigenvalue weighted by atomic mass is 9.98. The number of halogens is 1. The molecular weight excluding hydrogens is 403 g/mol. The van der Waals surface area contributed by atoms with Crippen molar-refractivity contribution in [1.82, 2.24) is 9.62 Å². The standard InChI is InChI=1S/C23H29FN2O3S/c1-16(2)13-22(25-30(28,29)21-9-7-17(3)8-10-21)23(27)26-12-11-19(15-26)18-5-4-6-20(24)14-18/h4-10,14,16,19,22,25H,11-13,15H2,1-3H3. The third-order valence-corrected chi connectivity index (χ3v) is 6.94. The molecule has 3 rings (SSSR count). The Kier molecular flexibility index (Phi) is 6.93. The van der Waals surface area contributed by atoms with Crippen LogP contribution in [0, 0.1) is 18.7 Å². The van der Waals surface area contributed by atoms with Gasteiger partial charge in [0.15, 0.2) is 0 Å². The van der Waals surface area contributed by atoms with E-state index in [1.165, 1.54) is 12.1 Å². The molecule has 1 aliphatic heterocycles. The molecule has 2 unspecified atom stereocenters. The first-order chi connectivity index (χ1) is 14.2. The lowest BCUT2D eigenvalue weighted by molar-refractivity contribution is -0.132. The maximum Gasteiger partial charge on any atom is 0.241 e. The second-order valence-corrected chi connectivity index (χ2v) is 10.2. The summed E-state index contributed by atoms with van der Waals surface area (Å²) in [6.45, 7) is 6.79. The van der Waals surface area contributed by atoms with Gasteiger partial charge in [0.05, 0.1) is 4.90 Å². The quantitative estimate of drug-likeness (QED) is 0.723. The van der Waals surface area contributed by atoms with E-state index in [1.807, 2.05) is 26.8 Å². The van der Waals surface area contributed by atoms with Crippen molar-refractivity contribution >= 4 is 15.9 Å². The lowest BCUT2D eigenvalue weighted by Crippen LogP contribution is -2.48. The summed E-state index contributed by atoms with van der Waals surface area (Å²) >= 11 is 0. The van der Waals surface area contributed by atoms with Gasteiger partial charge >= 0.3 is 0 Å². The number of carbonyl (C=O) groups excluding carboxylic acids is 1. The minimum atomic E-state index is -3.81. The van der Waals surface area contributed by atoms with Crippen molar-refractivity contribution in [3.05, 3.63) is 65.5 Å². The second-order valence-electron chi connectivity index (χ2n) is 8.44. The fourth-order valence-corrected chi connectivity index (χ4v) is 5.06. The van der Waals surface area contributed by atoms with E-state index in [4.69, 9.17) is 0 Å². The summed E-state index contributed by atoms with van der Waals surface area (Å²) in [5, 5.41) is 0. The molecule has 30 heavy (non-hydrogen) atoms. The van der Waals surface area contributed by atoms with Gasteiger partial charge in [-0.05, 0) is 55.5 Å². The Labute approximate surface area is 178 Å². The molecule has 0 aliphatic carbocycles. The topological polar surface area (TPSA) is 66.5 Å². The Morgan fingerprint density at radius 2 is 1.90 bits per heavy atom. The van der Waals surface area contributed by atoms with Crippen LogP contribution in [0.1, 0.15) is 43.7 Å². The molecule has 1 fully saturated rings. The summed E-state index contributed by atoms with van der Waals surface area (Å²) in [7, 11) is -3.81. The van der Waals surface area contributed by atoms with Crippen molar-refractivity contribution in [3.8, 4) is 0 Å². The Hall–Kier alpha value is -2.25. The Balaban J connectivity index is 1.75. The predicted molar refractivity (Wildman–Crippen MR) is 115 cm³/mol. The molecule has 0 bridgehead atoms. The van der Waals surface area contributed by atoms with Crippen molar-refractivity contribution in [2.24, 2.45) is 5.92 Å². The van der Waals surface area contributed by atoms with Gasteiger partial charge in [0.2, 0.25) is 15.9 Å². The predicted octanol–water partition coefficient (Wildman–Crippen LogP) is 3.84. The van der Waals surface area contributed by atoms with Crippen molar-refractivity contribution in [1.29, 1.82) is 0 Å². The highest BCUT2D eigenvalue weighted by Crippen LogP contribution is 2.28. The Bertz CT molecular complexity index is 990. The fraction of sp³-hybridized carbons (Fsp3) is 0.435. The largest absolute Gasteiger partial charge is 0.341 e. The molecule has 162 valence electrons. The SMILES string of the molecule is Cc1ccc(S(=O)(=O)NC(CC(C)C)C(=O)N2CCC(c3cccc(F)c3)C2)cc1. The zero-order chi connectivity index (χ0) is 21.9. The molecule has 2 aromatic rings. The number of nitrogens with one attached hydrogen (secondary N) is 1. The second kappa shape index (κ2) is 9.27. The molecule has 0 saturated carbocycles. The molecule has 5 nitrogen and oxygen atoms in total. The molecule has 1 heterocycles. The normalized spacial score (nSPS) is 18.0. The van der Waals surface area contributed by atoms with Crippen LogP contribution >= 0.6 is 0 Å². The van der Waals surface area contributed by atoms with E-state index in [0.717, 1.165) is 17.5 Å². The molecule has 1 amide bonds. The summed E-state index contributed by atoms with van der Waals surface area (Å²) in [5.74, 6) is -0.321. The Morgan fingerprint density at radius 1 is 1.20 bits per heavy atom. The van der Waals surface area contributed by atoms with Crippen molar-refractivity contribution in [2.75, 3.05) is 13.1 Å². The number of carbonyl (C=O) groups is 1. The smallest absolute Gasteiger partial charge is 0.241 e. The van der Waals surface area contributed by atoms with Crippen LogP contribution in [-0.4, -0.2) is 38.4 Å². The van der Waals surface area contributed by atoms with Crippen LogP contribution in [0.2, 0.25) is 0 Å². The molecule has 1 aliphatic rings. The van der Waals surface area contributed by atoms with Gasteiger partial charge in [0.1, 0.15) is 11.9 Å². The van der Waals surface area contributed by atoms with Gasteiger partial charge in [-0.1, -0.05) is 43.7 Å². The summed E-state index contributed by atoms with van der Waals surface area (Å²) in [6, 6.07) is 12.2. The minimum Gasteiger partial charge on any atom is -0.341 e. The number of likely N-dealkylation sites (tertiary alicyclic amines) is 1. The molecular formula is C23H29FN2O3S. The maximum atomic E-state index is 13.6. The van der Waals surface area contributed by atoms with E-state index in [2.05, 4.69) is 4.72 Å². The zero-order valence-electron chi connectivity index (χ0n) is 17.6. The number of benzene rings is 2. The summed E-state index contributed by atoms with van der Waals surface area (Å²) in [6.07, 6.45) is 1.14. The minimum absolute atomic E-state index is 0.0538. The first kappa shape index (κ1) is 22.4. The number of aryl methyl sites for hydroxylation is 1. The Morgan fingerprint density at radius 3 is 2.53 bits per heavy atom. The average Bonchev–Trinajstić information content (AvgIpc) is 3.17. The van der Waals surface area contributed by atoms with Crippen LogP contribution in [0.15, 0.2) is 53.4 Å². The van der Waals surface area contributed by atoms with Crippen LogP contribution in [-0.2, 0) is 14.8 Å². The summed E-state index contributed by atoms with van der Waals surface area (Å²) in [4.78, 5) is 15.1. The van der Waals surface area contributed by atoms with Crippen LogP contribution in [0.25, 0.3) is 0 Å². The van der Waals surface area contributed by atoms with E-state index in [-0.39, 0.29) is 28.5 Å². The van der Waals surface area contributed by atoms with E-state index in [9.17, 15) is 17.6 Å². The third kappa shape index (κ3) is 5.46. The van der Waals surface area contributed by atoms with Crippen LogP contribution < -0.4 is 4.72 Å². The number of hydrogen-bond donors (Lipinski definition) is 1. The summed E-state index contributed by atoms with van der Waals surface area (Å²) in [5.41, 5.74) is 1.83. The zero-order valence-corrected chi connectivity index (χ0v) is 18.5. The highest BCUT2D eigenvalue weighted by molar-refractivity contribution is 7.89. The summed E-state index contributed by atoms with van der Waals surface area (Å²) < 4.78 is 41.9. The molecule has 1 saturated heterocycles. The molecule has 2 atom stereocenters. The van der Waals surface area contributed by atoms with E-state index < -0.39 is 16.1 Å². The van der Waals surface area contributed by atoms with Crippen LogP contribution in [0.5, 0.6) is 0 Å². The monoisotopic (exact) mass is 432 g/mol. The highest BCUT2D eigenvalue weighted by Gasteiger charge is 2.34. The van der Waals surface area contributed by atoms with Gasteiger partial charge in [-0.25, -0.2) is 12.8 Å². The van der Waals surface area contributed by atoms with Crippen LogP contribution in [0.4, 0.5) is 4.39 Å². The van der Waals surface area contributed by atoms with Gasteiger partial charge in [0.25, 0.3) is 0 Å². The highest BCUT2D eigenvalue weighted by atomic mass is 32.2. The first-order valence-corrected chi connectivity index (χ1v) is 11.8. The van der Waals surface area contributed by atoms with Gasteiger partial charge in [-0.3, -0.25) is 4.79 Å². The molecule has 0 spiro atoms. The first-order valence-electron chi connectivity index (χ1n) is 10.3. The molecule has 0 radical (unpaired) electrons. The van der Waals surface area contributed by atoms with E-state index >= 15 is 0 Å². The average molecular weight is 433 g/mol. The number of hydrogen-bond acceptors (Lipinski definition) is 3. The number of rotatable bonds is 7. The number of nitrogens with zero attached hydrogens (tertiary/aromatic N) is 1. The molecule has 7 heteroatoms. The maximum absolute atomic E-state index is 13.6. The van der Waals surface area contributed by atoms with Crippen molar-refractivity contribution in [2.45, 2.75) is 50.5 Å². The van der Waals surface area contributed by atoms with Gasteiger partial charge in [-0.15, -0.1) is 0 Å². The van der Waals surface area contributed by atoms with Gasteiger partial charge in [-0.2, -0.15) is 4.72 Å². The van der Waals surface area contributed by atoms with Crippen molar-refractivity contribution < 1.29 is 17.6 Å². The third-order valence-electron chi connectivity index (χ3n) is 5.45. The van der Waals surface area contributed by atoms with Crippen LogP contribution in [0.3, 0.4) is 0 Å². The number of amides is 1. The van der Waals surface area contributed by atoms with E-state index in [0.29, 0.717) is 19.5 Å². The molecule has 0 aromatic heterocycles. The lowest BCUT2D eigenvalue weighted by Gasteiger charge is -2.25. The number of sulfonamides is 1. The fourth-order valence-electron chi connectivity index (χ4n) is 3.86.